The molecule has 4 heteroatoms. The molecule has 0 spiro atoms. The lowest BCUT2D eigenvalue weighted by Gasteiger charge is -2.31. The maximum absolute atomic E-state index is 7.28. The first-order chi connectivity index (χ1) is 30.0. The van der Waals surface area contributed by atoms with Gasteiger partial charge in [-0.2, -0.15) is 0 Å². The number of hydrogen-bond donors (Lipinski definition) is 0. The third-order valence-electron chi connectivity index (χ3n) is 13.1. The maximum Gasteiger partial charge on any atom is 0.160 e. The molecule has 0 N–H and O–H groups in total. The topological polar surface area (TPSA) is 42.7 Å². The van der Waals surface area contributed by atoms with E-state index in [9.17, 15) is 0 Å². The molecule has 0 bridgehead atoms. The molecule has 3 aromatic heterocycles. The van der Waals surface area contributed by atoms with Gasteiger partial charge in [-0.1, -0.05) is 153 Å². The quantitative estimate of drug-likeness (QED) is 0.174. The van der Waals surface area contributed by atoms with Gasteiger partial charge in [-0.05, 0) is 76.3 Å². The van der Waals surface area contributed by atoms with Gasteiger partial charge in [0, 0.05) is 60.1 Å². The Bertz CT molecular complexity index is 3750. The lowest BCUT2D eigenvalue weighted by atomic mass is 9.82. The van der Waals surface area contributed by atoms with Crippen molar-refractivity contribution in [2.24, 2.45) is 0 Å². The van der Waals surface area contributed by atoms with Gasteiger partial charge in [0.05, 0.1) is 11.4 Å². The maximum atomic E-state index is 7.28. The van der Waals surface area contributed by atoms with Crippen LogP contribution in [-0.2, 0) is 5.41 Å². The molecule has 12 aromatic rings. The molecule has 0 unspecified atom stereocenters. The molecule has 0 amide bonds. The van der Waals surface area contributed by atoms with Crippen LogP contribution in [0, 0.1) is 0 Å². The number of nitrogens with zero attached hydrogens (tertiary/aromatic N) is 1. The summed E-state index contributed by atoms with van der Waals surface area (Å²) in [6.45, 7) is 4.69. The van der Waals surface area contributed by atoms with Crippen LogP contribution in [0.25, 0.3) is 99.2 Å². The Morgan fingerprint density at radius 2 is 0.984 bits per heavy atom. The fourth-order valence-electron chi connectivity index (χ4n) is 10.3. The molecule has 288 valence electrons. The Balaban J connectivity index is 1.19. The zero-order valence-electron chi connectivity index (χ0n) is 33.6. The van der Waals surface area contributed by atoms with Crippen LogP contribution in [0.1, 0.15) is 25.0 Å². The van der Waals surface area contributed by atoms with Gasteiger partial charge in [-0.15, -0.1) is 0 Å². The average molecular weight is 784 g/mol. The van der Waals surface area contributed by atoms with E-state index < -0.39 is 0 Å². The van der Waals surface area contributed by atoms with Crippen molar-refractivity contribution in [3.63, 3.8) is 0 Å². The molecule has 9 aromatic carbocycles. The van der Waals surface area contributed by atoms with Crippen LogP contribution >= 0.6 is 0 Å². The van der Waals surface area contributed by atoms with Crippen molar-refractivity contribution in [2.45, 2.75) is 19.3 Å². The van der Waals surface area contributed by atoms with Crippen LogP contribution in [-0.4, -0.2) is 0 Å². The van der Waals surface area contributed by atoms with Crippen molar-refractivity contribution in [1.82, 2.24) is 0 Å². The second-order valence-corrected chi connectivity index (χ2v) is 16.8. The molecule has 61 heavy (non-hydrogen) atoms. The minimum Gasteiger partial charge on any atom is -0.456 e. The van der Waals surface area contributed by atoms with Crippen LogP contribution < -0.4 is 4.90 Å². The second-order valence-electron chi connectivity index (χ2n) is 16.8. The highest BCUT2D eigenvalue weighted by molar-refractivity contribution is 6.28. The number of para-hydroxylation sites is 4. The van der Waals surface area contributed by atoms with Gasteiger partial charge >= 0.3 is 0 Å². The molecular weight excluding hydrogens is 747 g/mol. The monoisotopic (exact) mass is 783 g/mol. The minimum atomic E-state index is -0.214. The Morgan fingerprint density at radius 3 is 1.84 bits per heavy atom. The molecule has 1 aliphatic rings. The van der Waals surface area contributed by atoms with E-state index in [2.05, 4.69) is 183 Å². The van der Waals surface area contributed by atoms with E-state index >= 15 is 0 Å². The van der Waals surface area contributed by atoms with Gasteiger partial charge in [-0.3, -0.25) is 0 Å². The molecule has 0 aliphatic heterocycles. The number of hydrogen-bond acceptors (Lipinski definition) is 4. The van der Waals surface area contributed by atoms with Crippen LogP contribution in [0.5, 0.6) is 0 Å². The van der Waals surface area contributed by atoms with Crippen molar-refractivity contribution in [1.29, 1.82) is 0 Å². The fourth-order valence-corrected chi connectivity index (χ4v) is 10.3. The van der Waals surface area contributed by atoms with Gasteiger partial charge in [-0.25, -0.2) is 0 Å². The molecule has 0 fully saturated rings. The summed E-state index contributed by atoms with van der Waals surface area (Å²) in [6, 6.07) is 66.9. The number of furan rings is 3. The SMILES string of the molecule is CC1(C)c2ccccc2-c2ccc(N(c3ccccc3-c3ccccc3)c3c(-c4cccc5c4oc4ccccc45)ccc4c3oc3ccc5oc6ccccc6c5c34)cc21. The lowest BCUT2D eigenvalue weighted by molar-refractivity contribution is 0.660. The van der Waals surface area contributed by atoms with Crippen LogP contribution in [0.4, 0.5) is 17.1 Å². The van der Waals surface area contributed by atoms with Crippen molar-refractivity contribution in [2.75, 3.05) is 4.90 Å². The van der Waals surface area contributed by atoms with Crippen molar-refractivity contribution >= 4 is 82.9 Å². The lowest BCUT2D eigenvalue weighted by Crippen LogP contribution is -2.17. The van der Waals surface area contributed by atoms with E-state index in [0.29, 0.717) is 0 Å². The van der Waals surface area contributed by atoms with Crippen molar-refractivity contribution < 1.29 is 13.3 Å². The average Bonchev–Trinajstić information content (AvgIpc) is 4.05. The normalized spacial score (nSPS) is 13.2. The highest BCUT2D eigenvalue weighted by Crippen LogP contribution is 2.55. The summed E-state index contributed by atoms with van der Waals surface area (Å²) in [6.07, 6.45) is 0. The molecule has 4 nitrogen and oxygen atoms in total. The molecule has 0 radical (unpaired) electrons. The zero-order valence-corrected chi connectivity index (χ0v) is 33.6. The first-order valence-corrected chi connectivity index (χ1v) is 20.9. The highest BCUT2D eigenvalue weighted by Gasteiger charge is 2.37. The first-order valence-electron chi connectivity index (χ1n) is 20.9. The number of rotatable bonds is 5. The van der Waals surface area contributed by atoms with E-state index in [1.54, 1.807) is 0 Å². The van der Waals surface area contributed by atoms with Crippen LogP contribution in [0.15, 0.2) is 201 Å². The Morgan fingerprint density at radius 1 is 0.377 bits per heavy atom. The van der Waals surface area contributed by atoms with Gasteiger partial charge < -0.3 is 18.2 Å². The highest BCUT2D eigenvalue weighted by atomic mass is 16.3. The summed E-state index contributed by atoms with van der Waals surface area (Å²) in [4.78, 5) is 2.44. The molecule has 13 rings (SSSR count). The third-order valence-corrected chi connectivity index (χ3v) is 13.1. The van der Waals surface area contributed by atoms with E-state index in [0.717, 1.165) is 105 Å². The Kier molecular flexibility index (Phi) is 7.04. The number of benzene rings is 9. The predicted molar refractivity (Wildman–Crippen MR) is 251 cm³/mol. The Labute approximate surface area is 351 Å². The Hall–Kier alpha value is -7.82. The van der Waals surface area contributed by atoms with Gasteiger partial charge in [0.1, 0.15) is 27.9 Å². The molecule has 0 saturated heterocycles. The molecule has 0 saturated carbocycles. The van der Waals surface area contributed by atoms with Crippen LogP contribution in [0.3, 0.4) is 0 Å². The van der Waals surface area contributed by atoms with Gasteiger partial charge in [0.15, 0.2) is 5.58 Å². The molecular formula is C57H37NO3. The van der Waals surface area contributed by atoms with Crippen molar-refractivity contribution in [3.05, 3.63) is 199 Å². The fraction of sp³-hybridized carbons (Fsp3) is 0.0526. The molecule has 1 aliphatic carbocycles. The standard InChI is InChI=1S/C57H37NO3/c1-57(2)45-23-10-6-18-37(45)38-28-27-35(33-46(38)57)58(47-24-11-7-17-36(47)34-15-4-3-5-16-34)54-40(42-22-14-21-41-39-19-8-12-25-48(39)60-55(41)42)29-30-44-53-51(61-56(44)54)32-31-50-52(53)43-20-9-13-26-49(43)59-50/h3-33H,1-2H3. The van der Waals surface area contributed by atoms with E-state index in [-0.39, 0.29) is 5.41 Å². The predicted octanol–water partition coefficient (Wildman–Crippen LogP) is 16.5. The largest absolute Gasteiger partial charge is 0.456 e. The molecule has 0 atom stereocenters. The summed E-state index contributed by atoms with van der Waals surface area (Å²) in [7, 11) is 0. The second kappa shape index (κ2) is 12.6. The number of fused-ring (bicyclic) bond motifs is 13. The summed E-state index contributed by atoms with van der Waals surface area (Å²) in [5, 5.41) is 6.33. The zero-order chi connectivity index (χ0) is 40.4. The molecule has 3 heterocycles. The van der Waals surface area contributed by atoms with E-state index in [1.807, 2.05) is 24.3 Å². The smallest absolute Gasteiger partial charge is 0.160 e. The minimum absolute atomic E-state index is 0.214. The summed E-state index contributed by atoms with van der Waals surface area (Å²) in [5.41, 5.74) is 17.2. The summed E-state index contributed by atoms with van der Waals surface area (Å²) < 4.78 is 20.5. The summed E-state index contributed by atoms with van der Waals surface area (Å²) in [5.74, 6) is 0. The first kappa shape index (κ1) is 34.1. The number of anilines is 3. The van der Waals surface area contributed by atoms with Gasteiger partial charge in [0.2, 0.25) is 0 Å². The van der Waals surface area contributed by atoms with E-state index in [4.69, 9.17) is 13.3 Å². The summed E-state index contributed by atoms with van der Waals surface area (Å²) >= 11 is 0. The van der Waals surface area contributed by atoms with Crippen LogP contribution in [0.2, 0.25) is 0 Å². The van der Waals surface area contributed by atoms with Gasteiger partial charge in [0.25, 0.3) is 0 Å². The third kappa shape index (κ3) is 4.82. The van der Waals surface area contributed by atoms with Crippen molar-refractivity contribution in [3.8, 4) is 33.4 Å². The van der Waals surface area contributed by atoms with E-state index in [1.165, 1.54) is 22.3 Å².